The number of rotatable bonds is 3. The fourth-order valence-corrected chi connectivity index (χ4v) is 3.79. The lowest BCUT2D eigenvalue weighted by Gasteiger charge is -2.31. The van der Waals surface area contributed by atoms with Crippen LogP contribution in [0.4, 0.5) is 8.78 Å². The number of aryl methyl sites for hydroxylation is 1. The smallest absolute Gasteiger partial charge is 0.210 e. The second-order valence-electron chi connectivity index (χ2n) is 4.91. The maximum atomic E-state index is 12.7. The molecule has 2 rings (SSSR count). The van der Waals surface area contributed by atoms with E-state index < -0.39 is 22.4 Å². The number of piperidine rings is 1. The van der Waals surface area contributed by atoms with Gasteiger partial charge in [-0.05, 0) is 31.9 Å². The van der Waals surface area contributed by atoms with Crippen LogP contribution in [0, 0.1) is 12.8 Å². The lowest BCUT2D eigenvalue weighted by atomic mass is 10.0. The summed E-state index contributed by atoms with van der Waals surface area (Å²) in [5.74, 6) is -0.853. The predicted molar refractivity (Wildman–Crippen MR) is 68.7 cm³/mol. The van der Waals surface area contributed by atoms with E-state index >= 15 is 0 Å². The molecule has 1 atom stereocenters. The van der Waals surface area contributed by atoms with E-state index in [9.17, 15) is 17.2 Å². The molecule has 3 nitrogen and oxygen atoms in total. The number of nitrogens with zero attached hydrogens (tertiary/aromatic N) is 1. The minimum Gasteiger partial charge on any atom is -0.210 e. The van der Waals surface area contributed by atoms with Crippen molar-refractivity contribution < 1.29 is 17.2 Å². The van der Waals surface area contributed by atoms with Crippen LogP contribution in [0.3, 0.4) is 0 Å². The summed E-state index contributed by atoms with van der Waals surface area (Å²) in [7, 11) is -3.65. The van der Waals surface area contributed by atoms with Gasteiger partial charge in [0.15, 0.2) is 0 Å². The van der Waals surface area contributed by atoms with Crippen molar-refractivity contribution in [3.05, 3.63) is 29.8 Å². The second kappa shape index (κ2) is 5.54. The van der Waals surface area contributed by atoms with Crippen molar-refractivity contribution in [3.63, 3.8) is 0 Å². The fraction of sp³-hybridized carbons (Fsp3) is 0.538. The lowest BCUT2D eigenvalue weighted by molar-refractivity contribution is 0.0471. The first kappa shape index (κ1) is 14.4. The summed E-state index contributed by atoms with van der Waals surface area (Å²) in [4.78, 5) is 0.174. The minimum atomic E-state index is -3.65. The summed E-state index contributed by atoms with van der Waals surface area (Å²) in [6, 6.07) is 6.47. The predicted octanol–water partition coefficient (Wildman–Crippen LogP) is 2.66. The molecule has 19 heavy (non-hydrogen) atoms. The Balaban J connectivity index is 2.22. The van der Waals surface area contributed by atoms with Crippen LogP contribution in [0.15, 0.2) is 29.2 Å². The maximum absolute atomic E-state index is 12.7. The number of hydrogen-bond donors (Lipinski definition) is 0. The Morgan fingerprint density at radius 2 is 1.89 bits per heavy atom. The summed E-state index contributed by atoms with van der Waals surface area (Å²) in [5.41, 5.74) is 0.961. The van der Waals surface area contributed by atoms with Gasteiger partial charge < -0.3 is 0 Å². The van der Waals surface area contributed by atoms with Gasteiger partial charge in [-0.3, -0.25) is 0 Å². The molecule has 6 heteroatoms. The molecule has 0 radical (unpaired) electrons. The molecule has 0 amide bonds. The average molecular weight is 289 g/mol. The number of hydrogen-bond acceptors (Lipinski definition) is 2. The second-order valence-corrected chi connectivity index (χ2v) is 6.85. The molecular formula is C13H17F2NO2S. The lowest BCUT2D eigenvalue weighted by Crippen LogP contribution is -2.41. The van der Waals surface area contributed by atoms with Crippen molar-refractivity contribution in [3.8, 4) is 0 Å². The average Bonchev–Trinajstić information content (AvgIpc) is 2.39. The van der Waals surface area contributed by atoms with E-state index in [4.69, 9.17) is 0 Å². The summed E-state index contributed by atoms with van der Waals surface area (Å²) in [6.45, 7) is 2.09. The van der Waals surface area contributed by atoms with Crippen molar-refractivity contribution in [2.45, 2.75) is 31.1 Å². The molecule has 1 aliphatic heterocycles. The number of alkyl halides is 2. The third-order valence-corrected chi connectivity index (χ3v) is 5.32. The Labute approximate surface area is 112 Å². The highest BCUT2D eigenvalue weighted by atomic mass is 32.2. The van der Waals surface area contributed by atoms with E-state index in [2.05, 4.69) is 0 Å². The number of sulfonamides is 1. The van der Waals surface area contributed by atoms with Gasteiger partial charge in [-0.15, -0.1) is 0 Å². The molecule has 1 aromatic rings. The van der Waals surface area contributed by atoms with Gasteiger partial charge in [0, 0.05) is 19.0 Å². The molecule has 0 spiro atoms. The van der Waals surface area contributed by atoms with Gasteiger partial charge in [-0.1, -0.05) is 17.7 Å². The van der Waals surface area contributed by atoms with E-state index in [-0.39, 0.29) is 11.4 Å². The van der Waals surface area contributed by atoms with Gasteiger partial charge in [0.1, 0.15) is 0 Å². The van der Waals surface area contributed by atoms with Crippen molar-refractivity contribution in [1.82, 2.24) is 4.31 Å². The molecule has 1 heterocycles. The zero-order valence-corrected chi connectivity index (χ0v) is 11.5. The summed E-state index contributed by atoms with van der Waals surface area (Å²) < 4.78 is 51.3. The van der Waals surface area contributed by atoms with Crippen molar-refractivity contribution >= 4 is 10.0 Å². The Morgan fingerprint density at radius 1 is 1.26 bits per heavy atom. The summed E-state index contributed by atoms with van der Waals surface area (Å²) in [5, 5.41) is 0. The van der Waals surface area contributed by atoms with E-state index in [0.717, 1.165) is 5.56 Å². The van der Waals surface area contributed by atoms with Crippen LogP contribution >= 0.6 is 0 Å². The Hall–Kier alpha value is -1.01. The van der Waals surface area contributed by atoms with Crippen LogP contribution in [0.25, 0.3) is 0 Å². The summed E-state index contributed by atoms with van der Waals surface area (Å²) in [6.07, 6.45) is -1.59. The van der Waals surface area contributed by atoms with Gasteiger partial charge in [-0.25, -0.2) is 17.2 Å². The van der Waals surface area contributed by atoms with E-state index in [1.807, 2.05) is 6.92 Å². The van der Waals surface area contributed by atoms with Crippen LogP contribution < -0.4 is 0 Å². The van der Waals surface area contributed by atoms with E-state index in [1.54, 1.807) is 12.1 Å². The number of halogens is 2. The summed E-state index contributed by atoms with van der Waals surface area (Å²) >= 11 is 0. The molecule has 1 unspecified atom stereocenters. The topological polar surface area (TPSA) is 37.4 Å². The van der Waals surface area contributed by atoms with Crippen LogP contribution in [-0.2, 0) is 10.0 Å². The third-order valence-electron chi connectivity index (χ3n) is 3.44. The van der Waals surface area contributed by atoms with Crippen molar-refractivity contribution in [2.75, 3.05) is 13.1 Å². The van der Waals surface area contributed by atoms with Gasteiger partial charge in [0.05, 0.1) is 4.90 Å². The SMILES string of the molecule is Cc1ccc(S(=O)(=O)N2CCCC(C(F)F)C2)cc1. The molecule has 1 aromatic carbocycles. The standard InChI is InChI=1S/C13H17F2NO2S/c1-10-4-6-12(7-5-10)19(17,18)16-8-2-3-11(9-16)13(14)15/h4-7,11,13H,2-3,8-9H2,1H3. The zero-order valence-electron chi connectivity index (χ0n) is 10.7. The number of benzene rings is 1. The van der Waals surface area contributed by atoms with Crippen LogP contribution in [0.1, 0.15) is 18.4 Å². The molecule has 0 aliphatic carbocycles. The Morgan fingerprint density at radius 3 is 2.47 bits per heavy atom. The molecule has 0 N–H and O–H groups in total. The maximum Gasteiger partial charge on any atom is 0.243 e. The van der Waals surface area contributed by atoms with Gasteiger partial charge in [-0.2, -0.15) is 4.31 Å². The molecule has 0 saturated carbocycles. The molecular weight excluding hydrogens is 272 g/mol. The molecule has 1 saturated heterocycles. The van der Waals surface area contributed by atoms with E-state index in [0.29, 0.717) is 19.4 Å². The van der Waals surface area contributed by atoms with Crippen LogP contribution in [0.5, 0.6) is 0 Å². The van der Waals surface area contributed by atoms with Crippen LogP contribution in [0.2, 0.25) is 0 Å². The highest BCUT2D eigenvalue weighted by molar-refractivity contribution is 7.89. The van der Waals surface area contributed by atoms with Crippen molar-refractivity contribution in [2.24, 2.45) is 5.92 Å². The molecule has 106 valence electrons. The first-order valence-electron chi connectivity index (χ1n) is 6.26. The molecule has 0 bridgehead atoms. The molecule has 1 fully saturated rings. The highest BCUT2D eigenvalue weighted by Gasteiger charge is 2.33. The largest absolute Gasteiger partial charge is 0.243 e. The molecule has 0 aromatic heterocycles. The van der Waals surface area contributed by atoms with Gasteiger partial charge >= 0.3 is 0 Å². The monoisotopic (exact) mass is 289 g/mol. The zero-order chi connectivity index (χ0) is 14.0. The fourth-order valence-electron chi connectivity index (χ4n) is 2.26. The Bertz CT molecular complexity index is 528. The van der Waals surface area contributed by atoms with Gasteiger partial charge in [0.2, 0.25) is 16.4 Å². The Kier molecular flexibility index (Phi) is 4.20. The molecule has 1 aliphatic rings. The quantitative estimate of drug-likeness (QED) is 0.858. The highest BCUT2D eigenvalue weighted by Crippen LogP contribution is 2.27. The first-order chi connectivity index (χ1) is 8.91. The van der Waals surface area contributed by atoms with E-state index in [1.165, 1.54) is 16.4 Å². The normalized spacial score (nSPS) is 21.8. The van der Waals surface area contributed by atoms with Gasteiger partial charge in [0.25, 0.3) is 0 Å². The third kappa shape index (κ3) is 3.12. The van der Waals surface area contributed by atoms with Crippen LogP contribution in [-0.4, -0.2) is 32.2 Å². The first-order valence-corrected chi connectivity index (χ1v) is 7.70. The van der Waals surface area contributed by atoms with Crippen molar-refractivity contribution in [1.29, 1.82) is 0 Å². The minimum absolute atomic E-state index is 0.0894.